The number of nitro benzene ring substituents is 1. The highest BCUT2D eigenvalue weighted by Gasteiger charge is 2.16. The minimum Gasteiger partial charge on any atom is -0.393 e. The SMILES string of the molecule is CC(=O)c1cc(N)c([N+](=O)[O-])cc1Br. The Balaban J connectivity index is 3.38. The van der Waals surface area contributed by atoms with Crippen molar-refractivity contribution in [3.63, 3.8) is 0 Å². The van der Waals surface area contributed by atoms with Gasteiger partial charge in [-0.25, -0.2) is 0 Å². The van der Waals surface area contributed by atoms with E-state index in [1.54, 1.807) is 0 Å². The molecule has 0 saturated carbocycles. The van der Waals surface area contributed by atoms with Crippen LogP contribution in [-0.2, 0) is 0 Å². The third-order valence-electron chi connectivity index (χ3n) is 1.69. The van der Waals surface area contributed by atoms with Crippen LogP contribution in [0.1, 0.15) is 17.3 Å². The summed E-state index contributed by atoms with van der Waals surface area (Å²) in [4.78, 5) is 20.9. The quantitative estimate of drug-likeness (QED) is 0.381. The molecule has 1 aromatic rings. The molecule has 0 fully saturated rings. The van der Waals surface area contributed by atoms with Crippen LogP contribution in [0.5, 0.6) is 0 Å². The number of rotatable bonds is 2. The molecule has 0 spiro atoms. The Kier molecular flexibility index (Phi) is 2.85. The molecule has 1 aromatic carbocycles. The molecule has 1 rings (SSSR count). The number of hydrogen-bond acceptors (Lipinski definition) is 4. The van der Waals surface area contributed by atoms with Crippen LogP contribution in [-0.4, -0.2) is 10.7 Å². The number of hydrogen-bond donors (Lipinski definition) is 1. The number of nitro groups is 1. The molecule has 0 radical (unpaired) electrons. The van der Waals surface area contributed by atoms with E-state index in [4.69, 9.17) is 5.73 Å². The molecule has 0 bridgehead atoms. The first kappa shape index (κ1) is 10.6. The molecule has 0 aliphatic heterocycles. The first-order chi connectivity index (χ1) is 6.43. The molecule has 0 aromatic heterocycles. The smallest absolute Gasteiger partial charge is 0.293 e. The van der Waals surface area contributed by atoms with Crippen molar-refractivity contribution >= 4 is 33.1 Å². The number of halogens is 1. The van der Waals surface area contributed by atoms with Gasteiger partial charge in [-0.05, 0) is 28.9 Å². The molecule has 0 amide bonds. The first-order valence-corrected chi connectivity index (χ1v) is 4.47. The normalized spacial score (nSPS) is 9.86. The van der Waals surface area contributed by atoms with E-state index < -0.39 is 4.92 Å². The molecule has 0 unspecified atom stereocenters. The van der Waals surface area contributed by atoms with Crippen LogP contribution < -0.4 is 5.73 Å². The fourth-order valence-corrected chi connectivity index (χ4v) is 1.62. The number of Topliss-reactive ketones (excluding diaryl/α,β-unsaturated/α-hetero) is 1. The number of nitrogens with zero attached hydrogens (tertiary/aromatic N) is 1. The van der Waals surface area contributed by atoms with E-state index in [0.29, 0.717) is 10.0 Å². The molecule has 0 aliphatic rings. The van der Waals surface area contributed by atoms with Gasteiger partial charge < -0.3 is 5.73 Å². The van der Waals surface area contributed by atoms with Gasteiger partial charge in [0.2, 0.25) is 0 Å². The molecule has 0 aliphatic carbocycles. The molecular formula is C8H7BrN2O3. The van der Waals surface area contributed by atoms with E-state index in [9.17, 15) is 14.9 Å². The number of benzene rings is 1. The van der Waals surface area contributed by atoms with Crippen LogP contribution in [0.25, 0.3) is 0 Å². The molecule has 6 heteroatoms. The monoisotopic (exact) mass is 258 g/mol. The molecule has 2 N–H and O–H groups in total. The summed E-state index contributed by atoms with van der Waals surface area (Å²) >= 11 is 3.07. The van der Waals surface area contributed by atoms with E-state index >= 15 is 0 Å². The Bertz CT molecular complexity index is 378. The Morgan fingerprint density at radius 1 is 1.57 bits per heavy atom. The molecule has 0 heterocycles. The van der Waals surface area contributed by atoms with Crippen molar-refractivity contribution in [2.75, 3.05) is 5.73 Å². The second-order valence-corrected chi connectivity index (χ2v) is 3.56. The number of carbonyl (C=O) groups is 1. The lowest BCUT2D eigenvalue weighted by atomic mass is 10.1. The lowest BCUT2D eigenvalue weighted by Crippen LogP contribution is -2.00. The van der Waals surface area contributed by atoms with Crippen molar-refractivity contribution in [3.8, 4) is 0 Å². The Morgan fingerprint density at radius 3 is 2.57 bits per heavy atom. The highest BCUT2D eigenvalue weighted by Crippen LogP contribution is 2.29. The Hall–Kier alpha value is -1.43. The third kappa shape index (κ3) is 1.90. The highest BCUT2D eigenvalue weighted by atomic mass is 79.9. The number of nitrogen functional groups attached to an aromatic ring is 1. The number of nitrogens with two attached hydrogens (primary N) is 1. The highest BCUT2D eigenvalue weighted by molar-refractivity contribution is 9.10. The summed E-state index contributed by atoms with van der Waals surface area (Å²) in [6.07, 6.45) is 0. The van der Waals surface area contributed by atoms with Gasteiger partial charge in [0.25, 0.3) is 5.69 Å². The maximum atomic E-state index is 11.0. The third-order valence-corrected chi connectivity index (χ3v) is 2.35. The van der Waals surface area contributed by atoms with Gasteiger partial charge in [-0.15, -0.1) is 0 Å². The van der Waals surface area contributed by atoms with Crippen molar-refractivity contribution in [1.29, 1.82) is 0 Å². The lowest BCUT2D eigenvalue weighted by Gasteiger charge is -2.02. The van der Waals surface area contributed by atoms with Crippen molar-refractivity contribution < 1.29 is 9.72 Å². The minimum absolute atomic E-state index is 0.0107. The largest absolute Gasteiger partial charge is 0.393 e. The second-order valence-electron chi connectivity index (χ2n) is 2.70. The van der Waals surface area contributed by atoms with E-state index in [1.165, 1.54) is 19.1 Å². The van der Waals surface area contributed by atoms with Crippen molar-refractivity contribution in [2.45, 2.75) is 6.92 Å². The summed E-state index contributed by atoms with van der Waals surface area (Å²) in [5.74, 6) is -0.196. The van der Waals surface area contributed by atoms with Gasteiger partial charge in [0, 0.05) is 16.1 Å². The molecule has 0 saturated heterocycles. The van der Waals surface area contributed by atoms with Gasteiger partial charge in [-0.3, -0.25) is 14.9 Å². The van der Waals surface area contributed by atoms with Gasteiger partial charge in [0.05, 0.1) is 4.92 Å². The lowest BCUT2D eigenvalue weighted by molar-refractivity contribution is -0.384. The topological polar surface area (TPSA) is 86.2 Å². The van der Waals surface area contributed by atoms with Crippen molar-refractivity contribution in [2.24, 2.45) is 0 Å². The van der Waals surface area contributed by atoms with E-state index in [0.717, 1.165) is 0 Å². The van der Waals surface area contributed by atoms with Gasteiger partial charge in [0.1, 0.15) is 5.69 Å². The summed E-state index contributed by atoms with van der Waals surface area (Å²) < 4.78 is 0.380. The summed E-state index contributed by atoms with van der Waals surface area (Å²) in [5.41, 5.74) is 5.54. The molecular weight excluding hydrogens is 252 g/mol. The number of carbonyl (C=O) groups excluding carboxylic acids is 1. The van der Waals surface area contributed by atoms with Crippen LogP contribution in [0.3, 0.4) is 0 Å². The van der Waals surface area contributed by atoms with Gasteiger partial charge in [-0.1, -0.05) is 0 Å². The molecule has 5 nitrogen and oxygen atoms in total. The van der Waals surface area contributed by atoms with Gasteiger partial charge in [-0.2, -0.15) is 0 Å². The maximum absolute atomic E-state index is 11.0. The van der Waals surface area contributed by atoms with Gasteiger partial charge in [0.15, 0.2) is 5.78 Å². The van der Waals surface area contributed by atoms with E-state index in [1.807, 2.05) is 0 Å². The summed E-state index contributed by atoms with van der Waals surface area (Å²) in [6.45, 7) is 1.37. The summed E-state index contributed by atoms with van der Waals surface area (Å²) in [7, 11) is 0. The molecule has 74 valence electrons. The van der Waals surface area contributed by atoms with Crippen molar-refractivity contribution in [1.82, 2.24) is 0 Å². The fraction of sp³-hybridized carbons (Fsp3) is 0.125. The van der Waals surface area contributed by atoms with E-state index in [-0.39, 0.29) is 17.2 Å². The Morgan fingerprint density at radius 2 is 2.14 bits per heavy atom. The molecule has 0 atom stereocenters. The van der Waals surface area contributed by atoms with Crippen LogP contribution in [0.4, 0.5) is 11.4 Å². The summed E-state index contributed by atoms with van der Waals surface area (Å²) in [5, 5.41) is 10.5. The fourth-order valence-electron chi connectivity index (χ4n) is 1.01. The Labute approximate surface area is 88.2 Å². The first-order valence-electron chi connectivity index (χ1n) is 3.68. The van der Waals surface area contributed by atoms with Crippen LogP contribution in [0, 0.1) is 10.1 Å². The molecule has 14 heavy (non-hydrogen) atoms. The van der Waals surface area contributed by atoms with E-state index in [2.05, 4.69) is 15.9 Å². The van der Waals surface area contributed by atoms with Crippen LogP contribution >= 0.6 is 15.9 Å². The second kappa shape index (κ2) is 3.75. The maximum Gasteiger partial charge on any atom is 0.293 e. The predicted octanol–water partition coefficient (Wildman–Crippen LogP) is 2.14. The zero-order valence-corrected chi connectivity index (χ0v) is 8.87. The number of anilines is 1. The zero-order valence-electron chi connectivity index (χ0n) is 7.28. The zero-order chi connectivity index (χ0) is 10.9. The predicted molar refractivity (Wildman–Crippen MR) is 55.2 cm³/mol. The standard InChI is InChI=1S/C8H7BrN2O3/c1-4(12)5-2-7(10)8(11(13)14)3-6(5)9/h2-3H,10H2,1H3. The minimum atomic E-state index is -0.593. The average molecular weight is 259 g/mol. The van der Waals surface area contributed by atoms with Crippen molar-refractivity contribution in [3.05, 3.63) is 32.3 Å². The van der Waals surface area contributed by atoms with Gasteiger partial charge >= 0.3 is 0 Å². The number of ketones is 1. The van der Waals surface area contributed by atoms with Crippen LogP contribution in [0.2, 0.25) is 0 Å². The van der Waals surface area contributed by atoms with Crippen LogP contribution in [0.15, 0.2) is 16.6 Å². The average Bonchev–Trinajstić information content (AvgIpc) is 2.07. The summed E-state index contributed by atoms with van der Waals surface area (Å²) in [6, 6.07) is 2.52.